The summed E-state index contributed by atoms with van der Waals surface area (Å²) in [5.74, 6) is 0.409. The van der Waals surface area contributed by atoms with Crippen LogP contribution in [0.2, 0.25) is 5.02 Å². The number of ether oxygens (including phenoxy) is 2. The number of nitrogens with one attached hydrogen (secondary N) is 1. The van der Waals surface area contributed by atoms with Crippen LogP contribution in [0.25, 0.3) is 0 Å². The van der Waals surface area contributed by atoms with Gasteiger partial charge in [-0.05, 0) is 42.3 Å². The lowest BCUT2D eigenvalue weighted by atomic mass is 10.1. The molecule has 0 saturated carbocycles. The molecular weight excluding hydrogens is 321 g/mol. The van der Waals surface area contributed by atoms with E-state index in [1.54, 1.807) is 32.4 Å². The second kappa shape index (κ2) is 7.83. The topological polar surface area (TPSA) is 47.6 Å². The molecule has 0 atom stereocenters. The minimum absolute atomic E-state index is 0.0303. The SMILES string of the molecule is COc1ccc(OC)c(CCC(=O)Nc2cccc(Cl)c2F)c1. The quantitative estimate of drug-likeness (QED) is 0.864. The van der Waals surface area contributed by atoms with E-state index in [1.165, 1.54) is 12.1 Å². The maximum atomic E-state index is 13.8. The first-order valence-electron chi connectivity index (χ1n) is 7.00. The molecule has 0 fully saturated rings. The van der Waals surface area contributed by atoms with E-state index in [2.05, 4.69) is 5.32 Å². The largest absolute Gasteiger partial charge is 0.497 e. The van der Waals surface area contributed by atoms with Crippen LogP contribution in [0.4, 0.5) is 10.1 Å². The van der Waals surface area contributed by atoms with Gasteiger partial charge in [0, 0.05) is 6.42 Å². The number of benzene rings is 2. The second-order valence-corrected chi connectivity index (χ2v) is 5.23. The van der Waals surface area contributed by atoms with Crippen molar-refractivity contribution >= 4 is 23.2 Å². The summed E-state index contributed by atoms with van der Waals surface area (Å²) in [6.07, 6.45) is 0.615. The summed E-state index contributed by atoms with van der Waals surface area (Å²) >= 11 is 5.69. The molecule has 0 bridgehead atoms. The Balaban J connectivity index is 2.03. The third-order valence-corrected chi connectivity index (χ3v) is 3.63. The first-order chi connectivity index (χ1) is 11.0. The maximum absolute atomic E-state index is 13.8. The van der Waals surface area contributed by atoms with Gasteiger partial charge in [0.1, 0.15) is 11.5 Å². The molecule has 0 radical (unpaired) electrons. The highest BCUT2D eigenvalue weighted by Gasteiger charge is 2.11. The lowest BCUT2D eigenvalue weighted by Crippen LogP contribution is -2.13. The highest BCUT2D eigenvalue weighted by atomic mass is 35.5. The molecule has 0 spiro atoms. The highest BCUT2D eigenvalue weighted by Crippen LogP contribution is 2.26. The van der Waals surface area contributed by atoms with Crippen LogP contribution in [0.15, 0.2) is 36.4 Å². The summed E-state index contributed by atoms with van der Waals surface area (Å²) in [7, 11) is 3.13. The molecule has 0 heterocycles. The molecule has 122 valence electrons. The van der Waals surface area contributed by atoms with Crippen LogP contribution in [0.1, 0.15) is 12.0 Å². The van der Waals surface area contributed by atoms with Gasteiger partial charge in [-0.2, -0.15) is 0 Å². The molecule has 0 unspecified atom stereocenters. The van der Waals surface area contributed by atoms with Crippen LogP contribution < -0.4 is 14.8 Å². The van der Waals surface area contributed by atoms with Gasteiger partial charge in [0.15, 0.2) is 5.82 Å². The van der Waals surface area contributed by atoms with E-state index in [1.807, 2.05) is 6.07 Å². The zero-order valence-electron chi connectivity index (χ0n) is 12.9. The molecule has 0 aromatic heterocycles. The molecule has 1 N–H and O–H groups in total. The molecule has 0 aliphatic carbocycles. The van der Waals surface area contributed by atoms with Crippen molar-refractivity contribution < 1.29 is 18.7 Å². The number of anilines is 1. The third-order valence-electron chi connectivity index (χ3n) is 3.33. The van der Waals surface area contributed by atoms with Gasteiger partial charge in [0.2, 0.25) is 5.91 Å². The Kier molecular flexibility index (Phi) is 5.82. The molecule has 0 aliphatic heterocycles. The maximum Gasteiger partial charge on any atom is 0.224 e. The van der Waals surface area contributed by atoms with E-state index < -0.39 is 5.82 Å². The Morgan fingerprint density at radius 1 is 1.22 bits per heavy atom. The number of carbonyl (C=O) groups is 1. The van der Waals surface area contributed by atoms with Gasteiger partial charge < -0.3 is 14.8 Å². The van der Waals surface area contributed by atoms with E-state index in [4.69, 9.17) is 21.1 Å². The predicted octanol–water partition coefficient (Wildman–Crippen LogP) is 4.07. The number of carbonyl (C=O) groups excluding carboxylic acids is 1. The number of amides is 1. The van der Waals surface area contributed by atoms with Crippen LogP contribution in [-0.4, -0.2) is 20.1 Å². The fraction of sp³-hybridized carbons (Fsp3) is 0.235. The summed E-state index contributed by atoms with van der Waals surface area (Å²) in [6, 6.07) is 9.84. The summed E-state index contributed by atoms with van der Waals surface area (Å²) in [4.78, 5) is 12.0. The Morgan fingerprint density at radius 2 is 2.00 bits per heavy atom. The van der Waals surface area contributed by atoms with Crippen molar-refractivity contribution in [3.8, 4) is 11.5 Å². The second-order valence-electron chi connectivity index (χ2n) is 4.83. The molecule has 1 amide bonds. The van der Waals surface area contributed by atoms with Crippen molar-refractivity contribution in [2.75, 3.05) is 19.5 Å². The molecule has 2 aromatic carbocycles. The van der Waals surface area contributed by atoms with Crippen LogP contribution >= 0.6 is 11.6 Å². The monoisotopic (exact) mass is 337 g/mol. The van der Waals surface area contributed by atoms with E-state index >= 15 is 0 Å². The normalized spacial score (nSPS) is 10.3. The van der Waals surface area contributed by atoms with E-state index in [0.717, 1.165) is 5.56 Å². The predicted molar refractivity (Wildman–Crippen MR) is 87.9 cm³/mol. The first kappa shape index (κ1) is 17.1. The van der Waals surface area contributed by atoms with Crippen molar-refractivity contribution in [2.45, 2.75) is 12.8 Å². The van der Waals surface area contributed by atoms with Crippen molar-refractivity contribution in [1.82, 2.24) is 0 Å². The number of hydrogen-bond acceptors (Lipinski definition) is 3. The Labute approximate surface area is 139 Å². The van der Waals surface area contributed by atoms with Crippen LogP contribution in [0, 0.1) is 5.82 Å². The summed E-state index contributed by atoms with van der Waals surface area (Å²) < 4.78 is 24.2. The van der Waals surface area contributed by atoms with Gasteiger partial charge in [0.05, 0.1) is 24.9 Å². The van der Waals surface area contributed by atoms with Gasteiger partial charge in [-0.3, -0.25) is 4.79 Å². The summed E-state index contributed by atoms with van der Waals surface area (Å²) in [6.45, 7) is 0. The summed E-state index contributed by atoms with van der Waals surface area (Å²) in [5, 5.41) is 2.49. The van der Waals surface area contributed by atoms with Crippen LogP contribution in [0.5, 0.6) is 11.5 Å². The fourth-order valence-electron chi connectivity index (χ4n) is 2.14. The molecule has 0 aliphatic rings. The number of aryl methyl sites for hydroxylation is 1. The van der Waals surface area contributed by atoms with Gasteiger partial charge >= 0.3 is 0 Å². The van der Waals surface area contributed by atoms with Crippen LogP contribution in [-0.2, 0) is 11.2 Å². The van der Waals surface area contributed by atoms with Crippen molar-refractivity contribution in [2.24, 2.45) is 0 Å². The molecule has 6 heteroatoms. The number of hydrogen-bond donors (Lipinski definition) is 1. The highest BCUT2D eigenvalue weighted by molar-refractivity contribution is 6.31. The average molecular weight is 338 g/mol. The number of methoxy groups -OCH3 is 2. The van der Waals surface area contributed by atoms with Crippen LogP contribution in [0.3, 0.4) is 0 Å². The molecule has 2 aromatic rings. The minimum atomic E-state index is -0.638. The molecular formula is C17H17ClFNO3. The fourth-order valence-corrected chi connectivity index (χ4v) is 2.31. The van der Waals surface area contributed by atoms with Gasteiger partial charge in [-0.15, -0.1) is 0 Å². The molecule has 23 heavy (non-hydrogen) atoms. The van der Waals surface area contributed by atoms with Gasteiger partial charge in [-0.25, -0.2) is 4.39 Å². The Hall–Kier alpha value is -2.27. The zero-order valence-corrected chi connectivity index (χ0v) is 13.6. The van der Waals surface area contributed by atoms with E-state index in [-0.39, 0.29) is 23.0 Å². The lowest BCUT2D eigenvalue weighted by Gasteiger charge is -2.11. The van der Waals surface area contributed by atoms with Gasteiger partial charge in [0.25, 0.3) is 0 Å². The lowest BCUT2D eigenvalue weighted by molar-refractivity contribution is -0.116. The Bertz CT molecular complexity index is 706. The summed E-state index contributed by atoms with van der Waals surface area (Å²) in [5.41, 5.74) is 0.911. The smallest absolute Gasteiger partial charge is 0.224 e. The average Bonchev–Trinajstić information content (AvgIpc) is 2.56. The van der Waals surface area contributed by atoms with Crippen molar-refractivity contribution in [1.29, 1.82) is 0 Å². The third kappa shape index (κ3) is 4.36. The van der Waals surface area contributed by atoms with E-state index in [9.17, 15) is 9.18 Å². The van der Waals surface area contributed by atoms with Gasteiger partial charge in [-0.1, -0.05) is 17.7 Å². The first-order valence-corrected chi connectivity index (χ1v) is 7.37. The standard InChI is InChI=1S/C17H17ClFNO3/c1-22-12-7-8-15(23-2)11(10-12)6-9-16(21)20-14-5-3-4-13(18)17(14)19/h3-5,7-8,10H,6,9H2,1-2H3,(H,20,21). The van der Waals surface area contributed by atoms with Crippen molar-refractivity contribution in [3.05, 3.63) is 52.8 Å². The van der Waals surface area contributed by atoms with E-state index in [0.29, 0.717) is 17.9 Å². The zero-order chi connectivity index (χ0) is 16.8. The number of rotatable bonds is 6. The Morgan fingerprint density at radius 3 is 2.70 bits per heavy atom. The minimum Gasteiger partial charge on any atom is -0.497 e. The molecule has 2 rings (SSSR count). The number of halogens is 2. The molecule has 4 nitrogen and oxygen atoms in total. The molecule has 0 saturated heterocycles. The van der Waals surface area contributed by atoms with Crippen molar-refractivity contribution in [3.63, 3.8) is 0 Å².